The van der Waals surface area contributed by atoms with Crippen LogP contribution in [0.5, 0.6) is 0 Å². The van der Waals surface area contributed by atoms with Gasteiger partial charge in [0.15, 0.2) is 0 Å². The number of benzene rings is 1. The van der Waals surface area contributed by atoms with E-state index < -0.39 is 0 Å². The highest BCUT2D eigenvalue weighted by molar-refractivity contribution is 7.99. The topological polar surface area (TPSA) is 32.3 Å². The fraction of sp³-hybridized carbons (Fsp3) is 0.353. The van der Waals surface area contributed by atoms with Gasteiger partial charge in [-0.3, -0.25) is 4.79 Å². The summed E-state index contributed by atoms with van der Waals surface area (Å²) in [5, 5.41) is 7.64. The zero-order valence-corrected chi connectivity index (χ0v) is 14.1. The van der Waals surface area contributed by atoms with E-state index in [1.165, 1.54) is 5.56 Å². The van der Waals surface area contributed by atoms with Gasteiger partial charge in [0.25, 0.3) is 0 Å². The van der Waals surface area contributed by atoms with E-state index in [1.54, 1.807) is 11.3 Å². The molecule has 0 aliphatic carbocycles. The summed E-state index contributed by atoms with van der Waals surface area (Å²) in [5.74, 6) is 2.38. The molecule has 3 rings (SSSR count). The van der Waals surface area contributed by atoms with Gasteiger partial charge in [-0.2, -0.15) is 23.1 Å². The smallest absolute Gasteiger partial charge is 0.227 e. The van der Waals surface area contributed by atoms with Crippen molar-refractivity contribution in [1.82, 2.24) is 4.90 Å². The average Bonchev–Trinajstić information content (AvgIpc) is 3.08. The Hall–Kier alpha value is -1.46. The number of hydrogen-bond donors (Lipinski definition) is 1. The van der Waals surface area contributed by atoms with Crippen LogP contribution >= 0.6 is 23.1 Å². The van der Waals surface area contributed by atoms with Gasteiger partial charge < -0.3 is 10.2 Å². The molecule has 0 atom stereocenters. The van der Waals surface area contributed by atoms with Gasteiger partial charge in [-0.25, -0.2) is 0 Å². The second kappa shape index (κ2) is 7.70. The van der Waals surface area contributed by atoms with Crippen LogP contribution in [0.2, 0.25) is 0 Å². The van der Waals surface area contributed by atoms with E-state index in [-0.39, 0.29) is 5.91 Å². The van der Waals surface area contributed by atoms with E-state index in [9.17, 15) is 4.79 Å². The highest BCUT2D eigenvalue weighted by atomic mass is 32.2. The molecule has 1 N–H and O–H groups in total. The Labute approximate surface area is 139 Å². The maximum atomic E-state index is 12.2. The van der Waals surface area contributed by atoms with Crippen molar-refractivity contribution in [2.45, 2.75) is 13.0 Å². The first kappa shape index (κ1) is 15.4. The molecule has 1 aliphatic rings. The molecule has 1 aromatic carbocycles. The maximum absolute atomic E-state index is 12.2. The number of nitrogens with zero attached hydrogens (tertiary/aromatic N) is 1. The molecule has 0 bridgehead atoms. The summed E-state index contributed by atoms with van der Waals surface area (Å²) in [6, 6.07) is 10.3. The number of thiophene rings is 1. The molecule has 0 radical (unpaired) electrons. The minimum absolute atomic E-state index is 0.249. The second-order valence-electron chi connectivity index (χ2n) is 5.35. The highest BCUT2D eigenvalue weighted by Gasteiger charge is 2.16. The molecule has 1 aromatic heterocycles. The molecule has 116 valence electrons. The molecule has 2 aromatic rings. The van der Waals surface area contributed by atoms with Crippen LogP contribution in [0.25, 0.3) is 0 Å². The van der Waals surface area contributed by atoms with Gasteiger partial charge in [-0.1, -0.05) is 12.1 Å². The Kier molecular flexibility index (Phi) is 5.40. The minimum atomic E-state index is 0.249. The number of amides is 1. The second-order valence-corrected chi connectivity index (χ2v) is 7.36. The lowest BCUT2D eigenvalue weighted by molar-refractivity contribution is -0.130. The van der Waals surface area contributed by atoms with Crippen molar-refractivity contribution in [3.05, 3.63) is 52.2 Å². The van der Waals surface area contributed by atoms with E-state index in [2.05, 4.69) is 34.3 Å². The normalized spacial score (nSPS) is 14.8. The number of carbonyl (C=O) groups is 1. The average molecular weight is 332 g/mol. The van der Waals surface area contributed by atoms with Crippen molar-refractivity contribution in [3.63, 3.8) is 0 Å². The fourth-order valence-corrected chi connectivity index (χ4v) is 4.01. The summed E-state index contributed by atoms with van der Waals surface area (Å²) < 4.78 is 0. The number of nitrogens with one attached hydrogen (secondary N) is 1. The Balaban J connectivity index is 1.51. The van der Waals surface area contributed by atoms with E-state index in [4.69, 9.17) is 0 Å². The van der Waals surface area contributed by atoms with Crippen LogP contribution < -0.4 is 5.32 Å². The van der Waals surface area contributed by atoms with Crippen molar-refractivity contribution in [2.24, 2.45) is 0 Å². The molecule has 5 heteroatoms. The molecule has 2 heterocycles. The van der Waals surface area contributed by atoms with Crippen LogP contribution in [0.4, 0.5) is 5.69 Å². The molecule has 1 saturated heterocycles. The van der Waals surface area contributed by atoms with Gasteiger partial charge in [-0.15, -0.1) is 0 Å². The Morgan fingerprint density at radius 3 is 2.55 bits per heavy atom. The Morgan fingerprint density at radius 1 is 1.09 bits per heavy atom. The molecule has 0 saturated carbocycles. The van der Waals surface area contributed by atoms with Gasteiger partial charge in [0.2, 0.25) is 5.91 Å². The van der Waals surface area contributed by atoms with E-state index in [0.29, 0.717) is 6.42 Å². The Bertz CT molecular complexity index is 590. The summed E-state index contributed by atoms with van der Waals surface area (Å²) in [6.07, 6.45) is 0.509. The molecule has 3 nitrogen and oxygen atoms in total. The molecule has 0 spiro atoms. The third-order valence-electron chi connectivity index (χ3n) is 3.75. The van der Waals surface area contributed by atoms with Crippen molar-refractivity contribution in [2.75, 3.05) is 29.9 Å². The van der Waals surface area contributed by atoms with E-state index >= 15 is 0 Å². The molecule has 22 heavy (non-hydrogen) atoms. The number of rotatable bonds is 5. The van der Waals surface area contributed by atoms with Crippen LogP contribution in [0.15, 0.2) is 41.1 Å². The van der Waals surface area contributed by atoms with Crippen molar-refractivity contribution < 1.29 is 4.79 Å². The maximum Gasteiger partial charge on any atom is 0.227 e. The van der Waals surface area contributed by atoms with Crippen LogP contribution in [0.3, 0.4) is 0 Å². The lowest BCUT2D eigenvalue weighted by Gasteiger charge is -2.26. The zero-order valence-electron chi connectivity index (χ0n) is 12.5. The lowest BCUT2D eigenvalue weighted by Crippen LogP contribution is -2.38. The first-order valence-corrected chi connectivity index (χ1v) is 9.60. The fourth-order valence-electron chi connectivity index (χ4n) is 2.44. The largest absolute Gasteiger partial charge is 0.381 e. The van der Waals surface area contributed by atoms with Crippen LogP contribution in [-0.2, 0) is 17.8 Å². The predicted molar refractivity (Wildman–Crippen MR) is 95.7 cm³/mol. The van der Waals surface area contributed by atoms with Crippen LogP contribution in [0.1, 0.15) is 11.1 Å². The van der Waals surface area contributed by atoms with Gasteiger partial charge in [0.05, 0.1) is 6.42 Å². The molecular formula is C17H20N2OS2. The summed E-state index contributed by atoms with van der Waals surface area (Å²) in [7, 11) is 0. The van der Waals surface area contributed by atoms with Crippen LogP contribution in [0, 0.1) is 0 Å². The third-order valence-corrected chi connectivity index (χ3v) is 5.42. The monoisotopic (exact) mass is 332 g/mol. The number of thioether (sulfide) groups is 1. The lowest BCUT2D eigenvalue weighted by atomic mass is 10.1. The quantitative estimate of drug-likeness (QED) is 0.910. The predicted octanol–water partition coefficient (Wildman–Crippen LogP) is 3.48. The molecule has 0 unspecified atom stereocenters. The summed E-state index contributed by atoms with van der Waals surface area (Å²) in [4.78, 5) is 14.2. The van der Waals surface area contributed by atoms with Crippen molar-refractivity contribution in [1.29, 1.82) is 0 Å². The summed E-state index contributed by atoms with van der Waals surface area (Å²) >= 11 is 3.64. The first-order valence-electron chi connectivity index (χ1n) is 7.51. The summed E-state index contributed by atoms with van der Waals surface area (Å²) in [6.45, 7) is 2.63. The van der Waals surface area contributed by atoms with Crippen LogP contribution in [-0.4, -0.2) is 35.4 Å². The molecule has 1 aliphatic heterocycles. The standard InChI is InChI=1S/C17H20N2OS2/c20-17(19-6-9-21-10-7-19)11-14-1-3-16(4-2-14)18-12-15-5-8-22-13-15/h1-5,8,13,18H,6-7,9-12H2. The molecular weight excluding hydrogens is 312 g/mol. The molecule has 1 fully saturated rings. The van der Waals surface area contributed by atoms with E-state index in [1.807, 2.05) is 28.8 Å². The zero-order chi connectivity index (χ0) is 15.2. The van der Waals surface area contributed by atoms with Gasteiger partial charge in [-0.05, 0) is 40.1 Å². The van der Waals surface area contributed by atoms with Gasteiger partial charge >= 0.3 is 0 Å². The first-order chi connectivity index (χ1) is 10.8. The number of anilines is 1. The highest BCUT2D eigenvalue weighted by Crippen LogP contribution is 2.15. The van der Waals surface area contributed by atoms with Gasteiger partial charge in [0, 0.05) is 36.8 Å². The minimum Gasteiger partial charge on any atom is -0.381 e. The van der Waals surface area contributed by atoms with Crippen molar-refractivity contribution in [3.8, 4) is 0 Å². The number of carbonyl (C=O) groups excluding carboxylic acids is 1. The van der Waals surface area contributed by atoms with Gasteiger partial charge in [0.1, 0.15) is 0 Å². The third kappa shape index (κ3) is 4.27. The summed E-state index contributed by atoms with van der Waals surface area (Å²) in [5.41, 5.74) is 3.48. The number of hydrogen-bond acceptors (Lipinski definition) is 4. The Morgan fingerprint density at radius 2 is 1.86 bits per heavy atom. The van der Waals surface area contributed by atoms with Crippen molar-refractivity contribution >= 4 is 34.7 Å². The van der Waals surface area contributed by atoms with E-state index in [0.717, 1.165) is 42.4 Å². The molecule has 1 amide bonds. The SMILES string of the molecule is O=C(Cc1ccc(NCc2ccsc2)cc1)N1CCSCC1.